The largest absolute Gasteiger partial charge is 0.468 e. The van der Waals surface area contributed by atoms with E-state index < -0.39 is 22.2 Å². The van der Waals surface area contributed by atoms with E-state index in [0.29, 0.717) is 12.1 Å². The van der Waals surface area contributed by atoms with Gasteiger partial charge in [-0.15, -0.1) is 0 Å². The van der Waals surface area contributed by atoms with Gasteiger partial charge in [0.2, 0.25) is 0 Å². The first-order valence-corrected chi connectivity index (χ1v) is 8.22. The maximum atomic E-state index is 12.2. The van der Waals surface area contributed by atoms with Crippen LogP contribution in [0.4, 0.5) is 0 Å². The molecule has 0 aromatic heterocycles. The molecule has 6 nitrogen and oxygen atoms in total. The summed E-state index contributed by atoms with van der Waals surface area (Å²) >= 11 is 0. The number of methoxy groups -OCH3 is 1. The van der Waals surface area contributed by atoms with Gasteiger partial charge in [-0.3, -0.25) is 0 Å². The number of nitrogens with one attached hydrogen (secondary N) is 1. The number of benzene rings is 1. The van der Waals surface area contributed by atoms with Crippen LogP contribution in [0.25, 0.3) is 0 Å². The molecule has 0 aliphatic heterocycles. The van der Waals surface area contributed by atoms with Crippen LogP contribution in [0.1, 0.15) is 31.4 Å². The predicted molar refractivity (Wildman–Crippen MR) is 80.8 cm³/mol. The van der Waals surface area contributed by atoms with E-state index in [0.717, 1.165) is 12.8 Å². The van der Waals surface area contributed by atoms with Crippen molar-refractivity contribution in [2.75, 3.05) is 20.7 Å². The van der Waals surface area contributed by atoms with E-state index in [1.165, 1.54) is 18.5 Å². The molecular formula is C14H22N2O4S. The van der Waals surface area contributed by atoms with E-state index in [2.05, 4.69) is 9.46 Å². The molecule has 7 heteroatoms. The van der Waals surface area contributed by atoms with Crippen LogP contribution in [0.5, 0.6) is 0 Å². The van der Waals surface area contributed by atoms with E-state index in [1.807, 2.05) is 6.92 Å². The van der Waals surface area contributed by atoms with Crippen LogP contribution in [0.3, 0.4) is 0 Å². The Morgan fingerprint density at radius 1 is 1.33 bits per heavy atom. The van der Waals surface area contributed by atoms with Crippen LogP contribution in [-0.2, 0) is 19.7 Å². The van der Waals surface area contributed by atoms with Gasteiger partial charge in [0, 0.05) is 13.6 Å². The van der Waals surface area contributed by atoms with Gasteiger partial charge in [-0.1, -0.05) is 43.7 Å². The zero-order chi connectivity index (χ0) is 15.9. The molecule has 0 amide bonds. The van der Waals surface area contributed by atoms with Gasteiger partial charge in [0.1, 0.15) is 6.04 Å². The first kappa shape index (κ1) is 17.6. The van der Waals surface area contributed by atoms with Crippen LogP contribution in [0.15, 0.2) is 30.3 Å². The Bertz CT molecular complexity index is 545. The SMILES string of the molecule is CCCCN(C)S(=O)(=O)NC(C(=O)OC)c1ccccc1. The lowest BCUT2D eigenvalue weighted by Crippen LogP contribution is -2.43. The Kier molecular flexibility index (Phi) is 6.80. The molecule has 0 saturated heterocycles. The topological polar surface area (TPSA) is 75.7 Å². The fourth-order valence-corrected chi connectivity index (χ4v) is 2.84. The standard InChI is InChI=1S/C14H22N2O4S/c1-4-5-11-16(2)21(18,19)15-13(14(17)20-3)12-9-7-6-8-10-12/h6-10,13,15H,4-5,11H2,1-3H3. The van der Waals surface area contributed by atoms with Crippen molar-refractivity contribution in [2.24, 2.45) is 0 Å². The second-order valence-electron chi connectivity index (χ2n) is 4.66. The monoisotopic (exact) mass is 314 g/mol. The minimum atomic E-state index is -3.75. The number of hydrogen-bond acceptors (Lipinski definition) is 4. The first-order valence-electron chi connectivity index (χ1n) is 6.78. The van der Waals surface area contributed by atoms with Gasteiger partial charge < -0.3 is 4.74 Å². The van der Waals surface area contributed by atoms with Crippen molar-refractivity contribution in [2.45, 2.75) is 25.8 Å². The molecule has 0 spiro atoms. The highest BCUT2D eigenvalue weighted by atomic mass is 32.2. The lowest BCUT2D eigenvalue weighted by molar-refractivity contribution is -0.142. The zero-order valence-electron chi connectivity index (χ0n) is 12.6. The molecular weight excluding hydrogens is 292 g/mol. The summed E-state index contributed by atoms with van der Waals surface area (Å²) in [6.07, 6.45) is 1.64. The van der Waals surface area contributed by atoms with Crippen LogP contribution in [-0.4, -0.2) is 39.4 Å². The molecule has 0 fully saturated rings. The highest BCUT2D eigenvalue weighted by Gasteiger charge is 2.28. The summed E-state index contributed by atoms with van der Waals surface area (Å²) in [4.78, 5) is 11.9. The Morgan fingerprint density at radius 2 is 1.95 bits per heavy atom. The van der Waals surface area contributed by atoms with E-state index in [-0.39, 0.29) is 0 Å². The van der Waals surface area contributed by atoms with E-state index in [4.69, 9.17) is 0 Å². The van der Waals surface area contributed by atoms with Gasteiger partial charge in [-0.25, -0.2) is 4.79 Å². The molecule has 1 aromatic carbocycles. The Labute approximate surface area is 126 Å². The van der Waals surface area contributed by atoms with Gasteiger partial charge in [0.25, 0.3) is 10.2 Å². The molecule has 1 N–H and O–H groups in total. The van der Waals surface area contributed by atoms with Gasteiger partial charge >= 0.3 is 5.97 Å². The number of rotatable bonds is 8. The smallest absolute Gasteiger partial charge is 0.328 e. The third-order valence-electron chi connectivity index (χ3n) is 3.07. The number of carbonyl (C=O) groups is 1. The Balaban J connectivity index is 2.94. The van der Waals surface area contributed by atoms with Crippen molar-refractivity contribution in [3.8, 4) is 0 Å². The summed E-state index contributed by atoms with van der Waals surface area (Å²) < 4.78 is 32.8. The molecule has 21 heavy (non-hydrogen) atoms. The third-order valence-corrected chi connectivity index (χ3v) is 4.61. The van der Waals surface area contributed by atoms with Crippen molar-refractivity contribution >= 4 is 16.2 Å². The molecule has 0 aliphatic rings. The Hall–Kier alpha value is -1.44. The quantitative estimate of drug-likeness (QED) is 0.737. The summed E-state index contributed by atoms with van der Waals surface area (Å²) in [5.74, 6) is -0.645. The van der Waals surface area contributed by atoms with E-state index in [9.17, 15) is 13.2 Å². The van der Waals surface area contributed by atoms with Crippen molar-refractivity contribution in [1.82, 2.24) is 9.03 Å². The fourth-order valence-electron chi connectivity index (χ4n) is 1.76. The number of carbonyl (C=O) groups excluding carboxylic acids is 1. The molecule has 1 atom stereocenters. The summed E-state index contributed by atoms with van der Waals surface area (Å²) in [6, 6.07) is 7.57. The number of ether oxygens (including phenoxy) is 1. The fraction of sp³-hybridized carbons (Fsp3) is 0.500. The summed E-state index contributed by atoms with van der Waals surface area (Å²) in [5.41, 5.74) is 0.539. The molecule has 0 saturated carbocycles. The minimum Gasteiger partial charge on any atom is -0.468 e. The first-order chi connectivity index (χ1) is 9.92. The van der Waals surface area contributed by atoms with Crippen LogP contribution in [0.2, 0.25) is 0 Å². The van der Waals surface area contributed by atoms with Crippen LogP contribution in [0, 0.1) is 0 Å². The molecule has 0 radical (unpaired) electrons. The average molecular weight is 314 g/mol. The second kappa shape index (κ2) is 8.11. The van der Waals surface area contributed by atoms with Crippen LogP contribution >= 0.6 is 0 Å². The van der Waals surface area contributed by atoms with Gasteiger partial charge in [0.15, 0.2) is 0 Å². The Morgan fingerprint density at radius 3 is 2.48 bits per heavy atom. The van der Waals surface area contributed by atoms with E-state index in [1.54, 1.807) is 30.3 Å². The van der Waals surface area contributed by atoms with Crippen molar-refractivity contribution in [3.63, 3.8) is 0 Å². The highest BCUT2D eigenvalue weighted by Crippen LogP contribution is 2.16. The lowest BCUT2D eigenvalue weighted by atomic mass is 10.1. The molecule has 118 valence electrons. The number of esters is 1. The number of unbranched alkanes of at least 4 members (excludes halogenated alkanes) is 1. The summed E-state index contributed by atoms with van der Waals surface area (Å²) in [6.45, 7) is 2.38. The van der Waals surface area contributed by atoms with E-state index >= 15 is 0 Å². The summed E-state index contributed by atoms with van der Waals surface area (Å²) in [7, 11) is -1.04. The van der Waals surface area contributed by atoms with Crippen molar-refractivity contribution < 1.29 is 17.9 Å². The maximum absolute atomic E-state index is 12.2. The third kappa shape index (κ3) is 5.11. The average Bonchev–Trinajstić information content (AvgIpc) is 2.50. The summed E-state index contributed by atoms with van der Waals surface area (Å²) in [5, 5.41) is 0. The predicted octanol–water partition coefficient (Wildman–Crippen LogP) is 1.47. The van der Waals surface area contributed by atoms with Gasteiger partial charge in [0.05, 0.1) is 7.11 Å². The number of hydrogen-bond donors (Lipinski definition) is 1. The molecule has 0 heterocycles. The van der Waals surface area contributed by atoms with Crippen LogP contribution < -0.4 is 4.72 Å². The number of nitrogens with zero attached hydrogens (tertiary/aromatic N) is 1. The normalized spacial score (nSPS) is 13.1. The minimum absolute atomic E-state index is 0.397. The maximum Gasteiger partial charge on any atom is 0.328 e. The van der Waals surface area contributed by atoms with Gasteiger partial charge in [-0.2, -0.15) is 17.4 Å². The van der Waals surface area contributed by atoms with Crippen molar-refractivity contribution in [1.29, 1.82) is 0 Å². The van der Waals surface area contributed by atoms with Gasteiger partial charge in [-0.05, 0) is 12.0 Å². The molecule has 1 aromatic rings. The second-order valence-corrected chi connectivity index (χ2v) is 6.47. The molecule has 0 aliphatic carbocycles. The van der Waals surface area contributed by atoms with Crippen molar-refractivity contribution in [3.05, 3.63) is 35.9 Å². The molecule has 1 unspecified atom stereocenters. The molecule has 1 rings (SSSR count). The highest BCUT2D eigenvalue weighted by molar-refractivity contribution is 7.87. The zero-order valence-corrected chi connectivity index (χ0v) is 13.4. The molecule has 0 bridgehead atoms. The lowest BCUT2D eigenvalue weighted by Gasteiger charge is -2.22.